The molecule has 6 nitrogen and oxygen atoms in total. The molecule has 1 saturated heterocycles. The second kappa shape index (κ2) is 6.17. The average Bonchev–Trinajstić information content (AvgIpc) is 3.09. The third-order valence-electron chi connectivity index (χ3n) is 4.28. The summed E-state index contributed by atoms with van der Waals surface area (Å²) in [6, 6.07) is 5.32. The molecule has 2 N–H and O–H groups in total. The first-order valence-electron chi connectivity index (χ1n) is 7.54. The van der Waals surface area contributed by atoms with E-state index in [0.29, 0.717) is 10.8 Å². The summed E-state index contributed by atoms with van der Waals surface area (Å²) in [6.07, 6.45) is 1.95. The van der Waals surface area contributed by atoms with Gasteiger partial charge >= 0.3 is 0 Å². The van der Waals surface area contributed by atoms with Crippen LogP contribution in [0.4, 0.5) is 0 Å². The van der Waals surface area contributed by atoms with Crippen molar-refractivity contribution >= 4 is 52.3 Å². The number of nitrogens with two attached hydrogens (primary N) is 1. The number of rotatable bonds is 3. The van der Waals surface area contributed by atoms with Gasteiger partial charge in [0.25, 0.3) is 0 Å². The van der Waals surface area contributed by atoms with Gasteiger partial charge < -0.3 is 23.2 Å². The van der Waals surface area contributed by atoms with Crippen LogP contribution >= 0.6 is 23.1 Å². The van der Waals surface area contributed by atoms with Gasteiger partial charge in [-0.15, -0.1) is 23.1 Å². The first kappa shape index (κ1) is 16.6. The first-order chi connectivity index (χ1) is 12.0. The van der Waals surface area contributed by atoms with E-state index in [9.17, 15) is 9.59 Å². The van der Waals surface area contributed by atoms with E-state index in [4.69, 9.17) is 18.4 Å². The number of β-lactam (4-membered cyclic amide) rings is 1. The van der Waals surface area contributed by atoms with Crippen molar-refractivity contribution in [2.75, 3.05) is 5.75 Å². The Morgan fingerprint density at radius 1 is 1.48 bits per heavy atom. The number of fused-ring (bicyclic) bond motifs is 1. The summed E-state index contributed by atoms with van der Waals surface area (Å²) >= 11 is 7.87. The van der Waals surface area contributed by atoms with Crippen molar-refractivity contribution in [2.24, 2.45) is 12.8 Å². The van der Waals surface area contributed by atoms with Crippen LogP contribution in [0.25, 0.3) is 17.0 Å². The molecule has 0 saturated carbocycles. The molecule has 0 spiro atoms. The first-order valence-corrected chi connectivity index (χ1v) is 9.88. The van der Waals surface area contributed by atoms with Crippen LogP contribution in [0.3, 0.4) is 0 Å². The monoisotopic (exact) mass is 390 g/mol. The van der Waals surface area contributed by atoms with E-state index in [-0.39, 0.29) is 17.0 Å². The van der Waals surface area contributed by atoms with Gasteiger partial charge in [-0.3, -0.25) is 9.69 Å². The van der Waals surface area contributed by atoms with Crippen LogP contribution in [0, 0.1) is 0 Å². The molecule has 2 aliphatic rings. The predicted molar refractivity (Wildman–Crippen MR) is 99.1 cm³/mol. The van der Waals surface area contributed by atoms with E-state index in [1.54, 1.807) is 11.8 Å². The van der Waals surface area contributed by atoms with Gasteiger partial charge in [-0.1, -0.05) is 0 Å². The van der Waals surface area contributed by atoms with Crippen LogP contribution in [-0.4, -0.2) is 38.1 Å². The molecule has 2 aromatic rings. The number of aryl methyl sites for hydroxylation is 1. The SMILES string of the molecule is C[n+]1ccccc1-c1csc(C2=C(C(=O)[S-])N3C(=O)[C@@H](N)[C@H]3SC2)n1. The maximum Gasteiger partial charge on any atom is 0.248 e. The van der Waals surface area contributed by atoms with Gasteiger partial charge in [-0.05, 0) is 6.07 Å². The molecule has 2 atom stereocenters. The predicted octanol–water partition coefficient (Wildman–Crippen LogP) is 0.662. The molecular weight excluding hydrogens is 376 g/mol. The Kier molecular flexibility index (Phi) is 4.11. The Balaban J connectivity index is 1.77. The molecule has 0 aromatic carbocycles. The number of carbonyl (C=O) groups is 2. The minimum absolute atomic E-state index is 0.204. The zero-order chi connectivity index (χ0) is 17.7. The highest BCUT2D eigenvalue weighted by Crippen LogP contribution is 2.43. The van der Waals surface area contributed by atoms with E-state index >= 15 is 0 Å². The normalized spacial score (nSPS) is 22.6. The minimum Gasteiger partial charge on any atom is -0.735 e. The third-order valence-corrected chi connectivity index (χ3v) is 6.68. The Hall–Kier alpha value is -1.81. The second-order valence-corrected chi connectivity index (χ2v) is 8.12. The van der Waals surface area contributed by atoms with Gasteiger partial charge in [0.15, 0.2) is 6.20 Å². The van der Waals surface area contributed by atoms with Gasteiger partial charge in [-0.2, -0.15) is 4.57 Å². The molecule has 2 aliphatic heterocycles. The Bertz CT molecular complexity index is 924. The fourth-order valence-electron chi connectivity index (χ4n) is 2.99. The molecule has 1 amide bonds. The molecule has 4 rings (SSSR count). The molecule has 4 heterocycles. The summed E-state index contributed by atoms with van der Waals surface area (Å²) in [5.74, 6) is 0.308. The topological polar surface area (TPSA) is 80.2 Å². The van der Waals surface area contributed by atoms with E-state index < -0.39 is 11.2 Å². The van der Waals surface area contributed by atoms with E-state index in [0.717, 1.165) is 17.0 Å². The van der Waals surface area contributed by atoms with Crippen LogP contribution in [0.5, 0.6) is 0 Å². The average molecular weight is 391 g/mol. The fourth-order valence-corrected chi connectivity index (χ4v) is 5.45. The number of thiazole rings is 1. The lowest BCUT2D eigenvalue weighted by molar-refractivity contribution is -0.660. The molecule has 2 aromatic heterocycles. The lowest BCUT2D eigenvalue weighted by Crippen LogP contribution is -2.68. The number of amides is 1. The standard InChI is InChI=1S/C16H14N4O2S3/c1-19-5-3-2-4-10(19)9-7-24-13(18-9)8-6-25-15-11(17)14(21)20(15)12(8)16(22)23/h2-5,7,11,15H,6,17H2,1H3/t11-,15-/m1/s1. The van der Waals surface area contributed by atoms with Gasteiger partial charge in [0, 0.05) is 28.8 Å². The Labute approximate surface area is 158 Å². The summed E-state index contributed by atoms with van der Waals surface area (Å²) in [5, 5.41) is 1.92. The largest absolute Gasteiger partial charge is 0.735 e. The number of hydrogen-bond donors (Lipinski definition) is 1. The number of pyridine rings is 1. The van der Waals surface area contributed by atoms with Gasteiger partial charge in [0.1, 0.15) is 29.2 Å². The summed E-state index contributed by atoms with van der Waals surface area (Å²) in [7, 11) is 1.95. The zero-order valence-electron chi connectivity index (χ0n) is 13.2. The van der Waals surface area contributed by atoms with Gasteiger partial charge in [-0.25, -0.2) is 4.98 Å². The lowest BCUT2D eigenvalue weighted by Gasteiger charge is -2.49. The summed E-state index contributed by atoms with van der Waals surface area (Å²) in [4.78, 5) is 30.3. The van der Waals surface area contributed by atoms with E-state index in [1.807, 2.05) is 41.4 Å². The van der Waals surface area contributed by atoms with Crippen LogP contribution in [0.1, 0.15) is 5.01 Å². The Morgan fingerprint density at radius 2 is 2.28 bits per heavy atom. The number of thioether (sulfide) groups is 1. The highest BCUT2D eigenvalue weighted by atomic mass is 32.2. The van der Waals surface area contributed by atoms with Gasteiger partial charge in [0.2, 0.25) is 11.6 Å². The molecule has 0 radical (unpaired) electrons. The maximum absolute atomic E-state index is 12.1. The van der Waals surface area contributed by atoms with Crippen molar-refractivity contribution < 1.29 is 14.2 Å². The molecule has 0 aliphatic carbocycles. The number of nitrogens with zero attached hydrogens (tertiary/aromatic N) is 3. The highest BCUT2D eigenvalue weighted by molar-refractivity contribution is 8.00. The molecule has 0 bridgehead atoms. The quantitative estimate of drug-likeness (QED) is 0.471. The number of carbonyl (C=O) groups excluding carboxylic acids is 2. The van der Waals surface area contributed by atoms with Crippen molar-refractivity contribution in [2.45, 2.75) is 11.4 Å². The van der Waals surface area contributed by atoms with Crippen LogP contribution in [-0.2, 0) is 29.3 Å². The molecule has 9 heteroatoms. The zero-order valence-corrected chi connectivity index (χ0v) is 15.7. The lowest BCUT2D eigenvalue weighted by atomic mass is 10.0. The second-order valence-electron chi connectivity index (χ2n) is 5.78. The molecule has 1 fully saturated rings. The number of aromatic nitrogens is 2. The van der Waals surface area contributed by atoms with Crippen molar-refractivity contribution in [1.29, 1.82) is 0 Å². The fraction of sp³-hybridized carbons (Fsp3) is 0.250. The molecule has 128 valence electrons. The van der Waals surface area contributed by atoms with Crippen molar-refractivity contribution in [3.63, 3.8) is 0 Å². The van der Waals surface area contributed by atoms with Crippen molar-refractivity contribution in [3.8, 4) is 11.4 Å². The van der Waals surface area contributed by atoms with Crippen molar-refractivity contribution in [3.05, 3.63) is 40.5 Å². The molecule has 25 heavy (non-hydrogen) atoms. The van der Waals surface area contributed by atoms with Crippen molar-refractivity contribution in [1.82, 2.24) is 9.88 Å². The maximum atomic E-state index is 12.1. The van der Waals surface area contributed by atoms with E-state index in [2.05, 4.69) is 4.98 Å². The van der Waals surface area contributed by atoms with Crippen LogP contribution in [0.15, 0.2) is 35.5 Å². The minimum atomic E-state index is -0.564. The van der Waals surface area contributed by atoms with Gasteiger partial charge in [0.05, 0.1) is 10.8 Å². The summed E-state index contributed by atoms with van der Waals surface area (Å²) < 4.78 is 1.98. The van der Waals surface area contributed by atoms with E-state index in [1.165, 1.54) is 16.2 Å². The summed E-state index contributed by atoms with van der Waals surface area (Å²) in [5.41, 5.74) is 8.61. The third kappa shape index (κ3) is 2.58. The highest BCUT2D eigenvalue weighted by Gasteiger charge is 2.50. The van der Waals surface area contributed by atoms with Crippen LogP contribution < -0.4 is 10.3 Å². The Morgan fingerprint density at radius 3 is 3.00 bits per heavy atom. The summed E-state index contributed by atoms with van der Waals surface area (Å²) in [6.45, 7) is 0. The van der Waals surface area contributed by atoms with Crippen LogP contribution in [0.2, 0.25) is 0 Å². The molecular formula is C16H14N4O2S3. The smallest absolute Gasteiger partial charge is 0.248 e. The molecule has 0 unspecified atom stereocenters. The number of hydrogen-bond acceptors (Lipinski definition) is 7.